The average molecular weight is 636 g/mol. The topological polar surface area (TPSA) is 124 Å². The van der Waals surface area contributed by atoms with Crippen LogP contribution < -0.4 is 18.9 Å². The zero-order valence-corrected chi connectivity index (χ0v) is 23.1. The van der Waals surface area contributed by atoms with Crippen LogP contribution in [0.2, 0.25) is 0 Å². The van der Waals surface area contributed by atoms with E-state index in [1.807, 2.05) is 0 Å². The van der Waals surface area contributed by atoms with Crippen LogP contribution in [0, 0.1) is 18.6 Å². The molecule has 0 heterocycles. The molecule has 0 radical (unpaired) electrons. The molecule has 0 aliphatic rings. The molecule has 0 aliphatic heterocycles. The molecule has 0 atom stereocenters. The summed E-state index contributed by atoms with van der Waals surface area (Å²) in [4.78, 5) is 47.2. The molecular weight excluding hydrogens is 615 g/mol. The highest BCUT2D eigenvalue weighted by molar-refractivity contribution is 5.93. The number of esters is 4. The zero-order valence-electron chi connectivity index (χ0n) is 23.1. The van der Waals surface area contributed by atoms with Crippen LogP contribution in [-0.4, -0.2) is 37.5 Å². The molecule has 0 saturated carbocycles. The summed E-state index contributed by atoms with van der Waals surface area (Å²) < 4.78 is 100. The molecular formula is C30H21F5O10. The number of rotatable bonds is 12. The summed E-state index contributed by atoms with van der Waals surface area (Å²) in [6.45, 7) is 6.07. The summed E-state index contributed by atoms with van der Waals surface area (Å²) in [5.74, 6) is -8.88. The van der Waals surface area contributed by atoms with Crippen molar-refractivity contribution in [2.75, 3.05) is 13.6 Å². The van der Waals surface area contributed by atoms with E-state index in [-0.39, 0.29) is 11.5 Å². The molecule has 15 heteroatoms. The van der Waals surface area contributed by atoms with Crippen molar-refractivity contribution in [3.63, 3.8) is 0 Å². The van der Waals surface area contributed by atoms with Crippen molar-refractivity contribution in [2.24, 2.45) is 0 Å². The molecule has 0 aromatic heterocycles. The van der Waals surface area contributed by atoms with Gasteiger partial charge in [0, 0.05) is 29.8 Å². The highest BCUT2D eigenvalue weighted by atomic mass is 19.4. The monoisotopic (exact) mass is 636 g/mol. The Morgan fingerprint density at radius 3 is 1.53 bits per heavy atom. The second-order valence-electron chi connectivity index (χ2n) is 8.48. The summed E-state index contributed by atoms with van der Waals surface area (Å²) in [5.41, 5.74) is -3.66. The van der Waals surface area contributed by atoms with Crippen LogP contribution in [0.15, 0.2) is 73.8 Å². The maximum Gasteiger partial charge on any atom is 0.420 e. The quantitative estimate of drug-likeness (QED) is 0.0785. The third-order valence-electron chi connectivity index (χ3n) is 5.57. The molecule has 236 valence electrons. The Hall–Kier alpha value is -5.73. The van der Waals surface area contributed by atoms with Crippen LogP contribution in [0.3, 0.4) is 0 Å². The third-order valence-corrected chi connectivity index (χ3v) is 5.57. The smallest absolute Gasteiger partial charge is 0.420 e. The normalized spacial score (nSPS) is 10.7. The Kier molecular flexibility index (Phi) is 11.0. The first kappa shape index (κ1) is 33.8. The van der Waals surface area contributed by atoms with Crippen LogP contribution in [0.4, 0.5) is 22.0 Å². The predicted molar refractivity (Wildman–Crippen MR) is 142 cm³/mol. The first-order valence-electron chi connectivity index (χ1n) is 12.3. The Bertz CT molecular complexity index is 1650. The number of carbonyl (C=O) groups excluding carboxylic acids is 4. The van der Waals surface area contributed by atoms with Crippen LogP contribution in [0.5, 0.6) is 23.0 Å². The highest BCUT2D eigenvalue weighted by Crippen LogP contribution is 2.42. The Morgan fingerprint density at radius 1 is 0.711 bits per heavy atom. The van der Waals surface area contributed by atoms with Gasteiger partial charge in [-0.3, -0.25) is 0 Å². The second-order valence-corrected chi connectivity index (χ2v) is 8.48. The standard InChI is InChI=1S/C30H21F5O10/c1-4-25(36)42-14-40-17-6-8-19(21(31)12-17)28(38)44-23-10-11-24(27(16(23)3)30(33,34)35)45-29(39)20-9-7-18(13-22(20)32)41-15-43-26(37)5-2/h4-13H,1-2,14-15H2,3H3. The average Bonchev–Trinajstić information content (AvgIpc) is 2.97. The maximum atomic E-state index is 14.6. The van der Waals surface area contributed by atoms with Gasteiger partial charge in [-0.05, 0) is 43.3 Å². The number of carbonyl (C=O) groups is 4. The lowest BCUT2D eigenvalue weighted by molar-refractivity contribution is -0.145. The minimum absolute atomic E-state index is 0.143. The van der Waals surface area contributed by atoms with Gasteiger partial charge in [0.2, 0.25) is 13.6 Å². The summed E-state index contributed by atoms with van der Waals surface area (Å²) in [5, 5.41) is 0. The molecule has 3 rings (SSSR count). The predicted octanol–water partition coefficient (Wildman–Crippen LogP) is 5.86. The molecule has 0 spiro atoms. The molecule has 3 aromatic rings. The van der Waals surface area contributed by atoms with E-state index < -0.39 is 89.0 Å². The largest absolute Gasteiger partial charge is 0.457 e. The van der Waals surface area contributed by atoms with E-state index in [4.69, 9.17) is 18.9 Å². The van der Waals surface area contributed by atoms with Gasteiger partial charge in [0.1, 0.15) is 40.2 Å². The minimum Gasteiger partial charge on any atom is -0.457 e. The second kappa shape index (κ2) is 14.6. The van der Waals surface area contributed by atoms with Gasteiger partial charge in [0.25, 0.3) is 0 Å². The lowest BCUT2D eigenvalue weighted by Crippen LogP contribution is -2.18. The lowest BCUT2D eigenvalue weighted by atomic mass is 10.1. The first-order valence-corrected chi connectivity index (χ1v) is 12.3. The van der Waals surface area contributed by atoms with Gasteiger partial charge in [0.15, 0.2) is 0 Å². The van der Waals surface area contributed by atoms with E-state index >= 15 is 0 Å². The van der Waals surface area contributed by atoms with Gasteiger partial charge in [-0.15, -0.1) is 0 Å². The summed E-state index contributed by atoms with van der Waals surface area (Å²) in [6, 6.07) is 7.00. The van der Waals surface area contributed by atoms with Gasteiger partial charge >= 0.3 is 30.1 Å². The number of ether oxygens (including phenoxy) is 6. The summed E-state index contributed by atoms with van der Waals surface area (Å²) in [7, 11) is 0. The number of halogens is 5. The fourth-order valence-corrected chi connectivity index (χ4v) is 3.46. The number of benzene rings is 3. The van der Waals surface area contributed by atoms with Crippen LogP contribution in [0.25, 0.3) is 0 Å². The molecule has 0 saturated heterocycles. The van der Waals surface area contributed by atoms with Gasteiger partial charge < -0.3 is 28.4 Å². The van der Waals surface area contributed by atoms with Crippen molar-refractivity contribution in [3.8, 4) is 23.0 Å². The summed E-state index contributed by atoms with van der Waals surface area (Å²) >= 11 is 0. The van der Waals surface area contributed by atoms with E-state index in [2.05, 4.69) is 22.6 Å². The van der Waals surface area contributed by atoms with E-state index in [9.17, 15) is 41.1 Å². The Morgan fingerprint density at radius 2 is 1.13 bits per heavy atom. The third kappa shape index (κ3) is 8.89. The lowest BCUT2D eigenvalue weighted by Gasteiger charge is -2.18. The highest BCUT2D eigenvalue weighted by Gasteiger charge is 2.39. The zero-order chi connectivity index (χ0) is 33.3. The first-order chi connectivity index (χ1) is 21.2. The van der Waals surface area contributed by atoms with E-state index in [1.165, 1.54) is 0 Å². The van der Waals surface area contributed by atoms with Gasteiger partial charge in [0.05, 0.1) is 11.1 Å². The van der Waals surface area contributed by atoms with Gasteiger partial charge in [-0.2, -0.15) is 13.2 Å². The number of hydrogen-bond acceptors (Lipinski definition) is 10. The molecule has 45 heavy (non-hydrogen) atoms. The molecule has 10 nitrogen and oxygen atoms in total. The van der Waals surface area contributed by atoms with Gasteiger partial charge in [-0.1, -0.05) is 13.2 Å². The van der Waals surface area contributed by atoms with Crippen LogP contribution in [-0.2, 0) is 25.2 Å². The number of alkyl halides is 3. The van der Waals surface area contributed by atoms with Crippen molar-refractivity contribution >= 4 is 23.9 Å². The minimum atomic E-state index is -5.15. The SMILES string of the molecule is C=CC(=O)OCOc1ccc(C(=O)Oc2ccc(OC(=O)c3ccc(OCOC(=O)C=C)cc3F)c(C(F)(F)F)c2C)c(F)c1. The van der Waals surface area contributed by atoms with Crippen molar-refractivity contribution in [1.29, 1.82) is 0 Å². The molecule has 0 fully saturated rings. The molecule has 0 amide bonds. The fraction of sp³-hybridized carbons (Fsp3) is 0.133. The fourth-order valence-electron chi connectivity index (χ4n) is 3.46. The molecule has 0 bridgehead atoms. The van der Waals surface area contributed by atoms with Crippen molar-refractivity contribution in [2.45, 2.75) is 13.1 Å². The van der Waals surface area contributed by atoms with Crippen molar-refractivity contribution in [3.05, 3.63) is 108 Å². The van der Waals surface area contributed by atoms with Crippen molar-refractivity contribution in [1.82, 2.24) is 0 Å². The maximum absolute atomic E-state index is 14.6. The Labute approximate surface area is 251 Å². The molecule has 3 aromatic carbocycles. The van der Waals surface area contributed by atoms with Crippen LogP contribution >= 0.6 is 0 Å². The van der Waals surface area contributed by atoms with Gasteiger partial charge in [-0.25, -0.2) is 28.0 Å². The summed E-state index contributed by atoms with van der Waals surface area (Å²) in [6.07, 6.45) is -3.42. The van der Waals surface area contributed by atoms with Crippen molar-refractivity contribution < 1.29 is 69.6 Å². The molecule has 0 aliphatic carbocycles. The molecule has 0 unspecified atom stereocenters. The van der Waals surface area contributed by atoms with E-state index in [0.29, 0.717) is 12.1 Å². The number of hydrogen-bond donors (Lipinski definition) is 0. The molecule has 0 N–H and O–H groups in total. The Balaban J connectivity index is 1.78. The van der Waals surface area contributed by atoms with E-state index in [1.54, 1.807) is 0 Å². The van der Waals surface area contributed by atoms with E-state index in [0.717, 1.165) is 55.5 Å². The van der Waals surface area contributed by atoms with Crippen LogP contribution in [0.1, 0.15) is 31.8 Å².